The Hall–Kier alpha value is -2.60. The molecule has 0 aliphatic rings. The van der Waals surface area contributed by atoms with E-state index in [1.54, 1.807) is 12.1 Å². The lowest BCUT2D eigenvalue weighted by Gasteiger charge is -2.06. The molecule has 4 nitrogen and oxygen atoms in total. The fraction of sp³-hybridized carbons (Fsp3) is 0.0625. The van der Waals surface area contributed by atoms with Crippen molar-refractivity contribution in [3.05, 3.63) is 70.9 Å². The van der Waals surface area contributed by atoms with Crippen molar-refractivity contribution >= 4 is 17.4 Å². The summed E-state index contributed by atoms with van der Waals surface area (Å²) >= 11 is 5.82. The Morgan fingerprint density at radius 1 is 0.957 bits per heavy atom. The van der Waals surface area contributed by atoms with Crippen molar-refractivity contribution in [1.82, 2.24) is 15.2 Å². The number of anilines is 1. The maximum absolute atomic E-state index is 13.7. The highest BCUT2D eigenvalue weighted by Gasteiger charge is 2.14. The monoisotopic (exact) mass is 332 g/mol. The zero-order valence-corrected chi connectivity index (χ0v) is 12.6. The van der Waals surface area contributed by atoms with Crippen LogP contribution < -0.4 is 5.32 Å². The average molecular weight is 333 g/mol. The molecule has 23 heavy (non-hydrogen) atoms. The predicted octanol–water partition coefficient (Wildman–Crippen LogP) is 4.08. The molecule has 0 unspecified atom stereocenters. The summed E-state index contributed by atoms with van der Waals surface area (Å²) in [6.45, 7) is 0.501. The third-order valence-corrected chi connectivity index (χ3v) is 3.39. The van der Waals surface area contributed by atoms with Gasteiger partial charge in [0.15, 0.2) is 11.6 Å². The van der Waals surface area contributed by atoms with Crippen molar-refractivity contribution in [2.45, 2.75) is 6.54 Å². The summed E-state index contributed by atoms with van der Waals surface area (Å²) in [4.78, 5) is 3.96. The largest absolute Gasteiger partial charge is 0.363 e. The van der Waals surface area contributed by atoms with Crippen molar-refractivity contribution < 1.29 is 8.78 Å². The first kappa shape index (κ1) is 15.3. The lowest BCUT2D eigenvalue weighted by molar-refractivity contribution is 0.586. The number of benzene rings is 2. The first-order valence-electron chi connectivity index (χ1n) is 6.76. The first-order chi connectivity index (χ1) is 11.1. The minimum Gasteiger partial charge on any atom is -0.363 e. The van der Waals surface area contributed by atoms with Crippen molar-refractivity contribution in [2.24, 2.45) is 0 Å². The van der Waals surface area contributed by atoms with Crippen LogP contribution in [0.5, 0.6) is 0 Å². The number of nitrogens with zero attached hydrogens (tertiary/aromatic N) is 3. The van der Waals surface area contributed by atoms with Gasteiger partial charge < -0.3 is 5.32 Å². The summed E-state index contributed by atoms with van der Waals surface area (Å²) in [5, 5.41) is 11.3. The van der Waals surface area contributed by atoms with Gasteiger partial charge in [-0.15, -0.1) is 10.2 Å². The van der Waals surface area contributed by atoms with Crippen LogP contribution in [0.2, 0.25) is 5.02 Å². The van der Waals surface area contributed by atoms with Gasteiger partial charge in [0.05, 0.1) is 11.8 Å². The minimum atomic E-state index is -0.728. The number of hydrogen-bond acceptors (Lipinski definition) is 4. The number of halogens is 3. The summed E-state index contributed by atoms with van der Waals surface area (Å²) in [5.41, 5.74) is 0.713. The van der Waals surface area contributed by atoms with Gasteiger partial charge >= 0.3 is 0 Å². The van der Waals surface area contributed by atoms with Crippen LogP contribution in [0.25, 0.3) is 11.4 Å². The highest BCUT2D eigenvalue weighted by Crippen LogP contribution is 2.22. The normalized spacial score (nSPS) is 10.6. The maximum Gasteiger partial charge on any atom is 0.187 e. The smallest absolute Gasteiger partial charge is 0.187 e. The predicted molar refractivity (Wildman–Crippen MR) is 84.0 cm³/mol. The molecule has 7 heteroatoms. The topological polar surface area (TPSA) is 50.7 Å². The van der Waals surface area contributed by atoms with Crippen LogP contribution in [0, 0.1) is 11.6 Å². The van der Waals surface area contributed by atoms with Crippen LogP contribution in [-0.4, -0.2) is 15.2 Å². The Labute approximate surface area is 136 Å². The van der Waals surface area contributed by atoms with E-state index in [0.29, 0.717) is 17.4 Å². The molecule has 3 rings (SSSR count). The summed E-state index contributed by atoms with van der Waals surface area (Å²) < 4.78 is 27.3. The first-order valence-corrected chi connectivity index (χ1v) is 7.14. The summed E-state index contributed by atoms with van der Waals surface area (Å²) in [6, 6.07) is 10.9. The molecular weight excluding hydrogens is 322 g/mol. The molecule has 0 saturated carbocycles. The minimum absolute atomic E-state index is 0.0994. The second-order valence-corrected chi connectivity index (χ2v) is 5.18. The van der Waals surface area contributed by atoms with Gasteiger partial charge in [0.25, 0.3) is 0 Å². The van der Waals surface area contributed by atoms with Gasteiger partial charge in [0, 0.05) is 11.6 Å². The lowest BCUT2D eigenvalue weighted by atomic mass is 10.2. The molecular formula is C16H11ClF2N4. The average Bonchev–Trinajstić information content (AvgIpc) is 2.55. The van der Waals surface area contributed by atoms with Crippen LogP contribution in [0.1, 0.15) is 5.56 Å². The Kier molecular flexibility index (Phi) is 4.43. The van der Waals surface area contributed by atoms with Crippen molar-refractivity contribution in [3.8, 4) is 11.4 Å². The van der Waals surface area contributed by atoms with Gasteiger partial charge in [0.1, 0.15) is 11.6 Å². The molecule has 0 radical (unpaired) electrons. The fourth-order valence-electron chi connectivity index (χ4n) is 1.98. The van der Waals surface area contributed by atoms with Gasteiger partial charge in [-0.25, -0.2) is 13.8 Å². The van der Waals surface area contributed by atoms with E-state index in [4.69, 9.17) is 11.6 Å². The third-order valence-electron chi connectivity index (χ3n) is 3.13. The molecule has 2 aromatic carbocycles. The summed E-state index contributed by atoms with van der Waals surface area (Å²) in [5.74, 6) is -1.15. The molecule has 1 aromatic heterocycles. The fourth-order valence-corrected chi connectivity index (χ4v) is 2.10. The lowest BCUT2D eigenvalue weighted by Crippen LogP contribution is -2.04. The van der Waals surface area contributed by atoms with E-state index in [1.807, 2.05) is 12.1 Å². The van der Waals surface area contributed by atoms with Gasteiger partial charge in [-0.3, -0.25) is 0 Å². The van der Waals surface area contributed by atoms with Gasteiger partial charge in [-0.1, -0.05) is 29.8 Å². The van der Waals surface area contributed by atoms with Crippen LogP contribution in [0.15, 0.2) is 48.7 Å². The van der Waals surface area contributed by atoms with E-state index in [0.717, 1.165) is 17.7 Å². The number of hydrogen-bond donors (Lipinski definition) is 1. The number of aromatic nitrogens is 3. The Morgan fingerprint density at radius 2 is 1.65 bits per heavy atom. The molecule has 0 fully saturated rings. The molecule has 1 heterocycles. The molecule has 0 aliphatic heterocycles. The summed E-state index contributed by atoms with van der Waals surface area (Å²) in [6.07, 6.45) is 1.38. The molecule has 0 amide bonds. The summed E-state index contributed by atoms with van der Waals surface area (Å²) in [7, 11) is 0. The van der Waals surface area contributed by atoms with E-state index in [-0.39, 0.29) is 11.4 Å². The van der Waals surface area contributed by atoms with Gasteiger partial charge in [-0.2, -0.15) is 0 Å². The zero-order valence-electron chi connectivity index (χ0n) is 11.8. The maximum atomic E-state index is 13.7. The van der Waals surface area contributed by atoms with Crippen LogP contribution in [0.4, 0.5) is 14.6 Å². The second kappa shape index (κ2) is 6.66. The van der Waals surface area contributed by atoms with Crippen LogP contribution >= 0.6 is 11.6 Å². The Balaban J connectivity index is 1.73. The van der Waals surface area contributed by atoms with E-state index in [9.17, 15) is 8.78 Å². The van der Waals surface area contributed by atoms with Crippen LogP contribution in [-0.2, 0) is 6.54 Å². The molecule has 0 atom stereocenters. The van der Waals surface area contributed by atoms with Crippen molar-refractivity contribution in [2.75, 3.05) is 5.32 Å². The highest BCUT2D eigenvalue weighted by molar-refractivity contribution is 6.30. The second-order valence-electron chi connectivity index (χ2n) is 4.74. The Bertz CT molecular complexity index is 787. The third kappa shape index (κ3) is 3.60. The number of rotatable bonds is 4. The van der Waals surface area contributed by atoms with Crippen LogP contribution in [0.3, 0.4) is 0 Å². The molecule has 3 aromatic rings. The van der Waals surface area contributed by atoms with Crippen molar-refractivity contribution in [3.63, 3.8) is 0 Å². The SMILES string of the molecule is Fc1cccc(F)c1-c1ncc(NCc2ccc(Cl)cc2)nn1. The Morgan fingerprint density at radius 3 is 2.26 bits per heavy atom. The van der Waals surface area contributed by atoms with Crippen molar-refractivity contribution in [1.29, 1.82) is 0 Å². The van der Waals surface area contributed by atoms with E-state index >= 15 is 0 Å². The van der Waals surface area contributed by atoms with Gasteiger partial charge in [-0.05, 0) is 29.8 Å². The molecule has 0 aliphatic carbocycles. The molecule has 1 N–H and O–H groups in total. The van der Waals surface area contributed by atoms with E-state index in [1.165, 1.54) is 12.3 Å². The highest BCUT2D eigenvalue weighted by atomic mass is 35.5. The van der Waals surface area contributed by atoms with Gasteiger partial charge in [0.2, 0.25) is 0 Å². The van der Waals surface area contributed by atoms with E-state index in [2.05, 4.69) is 20.5 Å². The molecule has 0 bridgehead atoms. The quantitative estimate of drug-likeness (QED) is 0.782. The molecule has 0 saturated heterocycles. The van der Waals surface area contributed by atoms with E-state index < -0.39 is 11.6 Å². The standard InChI is InChI=1S/C16H11ClF2N4/c17-11-6-4-10(5-7-11)8-20-14-9-21-16(23-22-14)15-12(18)2-1-3-13(15)19/h1-7,9H,8H2,(H,20,22). The zero-order chi connectivity index (χ0) is 16.2. The molecule has 116 valence electrons. The molecule has 0 spiro atoms. The number of nitrogens with one attached hydrogen (secondary N) is 1.